The van der Waals surface area contributed by atoms with Gasteiger partial charge in [0.05, 0.1) is 12.5 Å². The summed E-state index contributed by atoms with van der Waals surface area (Å²) in [6.45, 7) is 8.96. The number of carbonyl (C=O) groups is 3. The van der Waals surface area contributed by atoms with E-state index in [9.17, 15) is 14.4 Å². The Morgan fingerprint density at radius 2 is 1.70 bits per heavy atom. The van der Waals surface area contributed by atoms with Crippen LogP contribution in [-0.4, -0.2) is 45.7 Å². The predicted molar refractivity (Wildman–Crippen MR) is 143 cm³/mol. The highest BCUT2D eigenvalue weighted by molar-refractivity contribution is 6.46. The van der Waals surface area contributed by atoms with Crippen molar-refractivity contribution in [3.63, 3.8) is 0 Å². The first-order valence-corrected chi connectivity index (χ1v) is 13.1. The summed E-state index contributed by atoms with van der Waals surface area (Å²) in [5, 5.41) is 11.4. The summed E-state index contributed by atoms with van der Waals surface area (Å²) in [6.07, 6.45) is 3.55. The van der Waals surface area contributed by atoms with Crippen molar-refractivity contribution in [2.45, 2.75) is 71.5 Å². The maximum atomic E-state index is 13.9. The minimum absolute atomic E-state index is 0.0524. The lowest BCUT2D eigenvalue weighted by molar-refractivity contribution is -0.137. The highest BCUT2D eigenvalue weighted by Crippen LogP contribution is 2.49. The molecule has 0 unspecified atom stereocenters. The number of nitrogens with zero attached hydrogens (tertiary/aromatic N) is 2. The molecule has 2 N–H and O–H groups in total. The molecule has 1 aliphatic carbocycles. The number of nitrogens with one attached hydrogen (secondary N) is 1. The average Bonchev–Trinajstić information content (AvgIpc) is 3.14. The number of aliphatic imine (C=N–C) groups is 1. The molecule has 1 heterocycles. The molecule has 0 saturated heterocycles. The summed E-state index contributed by atoms with van der Waals surface area (Å²) in [4.78, 5) is 44.1. The van der Waals surface area contributed by atoms with Crippen molar-refractivity contribution >= 4 is 23.5 Å². The third-order valence-corrected chi connectivity index (χ3v) is 7.92. The number of carbonyl (C=O) groups excluding carboxylic acids is 2. The molecular weight excluding hydrogens is 466 g/mol. The van der Waals surface area contributed by atoms with Gasteiger partial charge in [-0.2, -0.15) is 0 Å². The molecule has 2 amide bonds. The lowest BCUT2D eigenvalue weighted by Gasteiger charge is -2.46. The molecule has 1 saturated carbocycles. The second-order valence-corrected chi connectivity index (χ2v) is 11.3. The molecule has 0 aromatic heterocycles. The van der Waals surface area contributed by atoms with E-state index in [4.69, 9.17) is 10.1 Å². The molecule has 7 nitrogen and oxygen atoms in total. The SMILES string of the molecule is C[C@H](c1ccc(C(=O)NCCC(=O)O)cc1)N1C(=O)C(c2ccccc2)=NC12CCC(C(C)(C)C)CC2. The molecule has 0 radical (unpaired) electrons. The van der Waals surface area contributed by atoms with Gasteiger partial charge in [-0.3, -0.25) is 19.4 Å². The molecule has 1 aliphatic heterocycles. The van der Waals surface area contributed by atoms with Crippen molar-refractivity contribution < 1.29 is 19.5 Å². The van der Waals surface area contributed by atoms with E-state index < -0.39 is 11.6 Å². The van der Waals surface area contributed by atoms with Crippen LogP contribution in [0.4, 0.5) is 0 Å². The summed E-state index contributed by atoms with van der Waals surface area (Å²) < 4.78 is 0. The molecule has 1 atom stereocenters. The van der Waals surface area contributed by atoms with Crippen LogP contribution in [0.5, 0.6) is 0 Å². The van der Waals surface area contributed by atoms with Gasteiger partial charge in [0.25, 0.3) is 11.8 Å². The van der Waals surface area contributed by atoms with Gasteiger partial charge in [0, 0.05) is 17.7 Å². The zero-order valence-electron chi connectivity index (χ0n) is 22.2. The van der Waals surface area contributed by atoms with Gasteiger partial charge in [0.1, 0.15) is 11.4 Å². The Bertz CT molecular complexity index is 1170. The Balaban J connectivity index is 1.59. The fourth-order valence-electron chi connectivity index (χ4n) is 5.68. The third-order valence-electron chi connectivity index (χ3n) is 7.92. The number of benzene rings is 2. The highest BCUT2D eigenvalue weighted by atomic mass is 16.4. The third kappa shape index (κ3) is 5.60. The highest BCUT2D eigenvalue weighted by Gasteiger charge is 2.51. The maximum Gasteiger partial charge on any atom is 0.305 e. The summed E-state index contributed by atoms with van der Waals surface area (Å²) >= 11 is 0. The van der Waals surface area contributed by atoms with Crippen LogP contribution in [0, 0.1) is 11.3 Å². The Morgan fingerprint density at radius 3 is 2.27 bits per heavy atom. The van der Waals surface area contributed by atoms with Gasteiger partial charge in [-0.25, -0.2) is 0 Å². The lowest BCUT2D eigenvalue weighted by Crippen LogP contribution is -2.50. The number of carboxylic acids is 1. The van der Waals surface area contributed by atoms with Crippen LogP contribution < -0.4 is 5.32 Å². The van der Waals surface area contributed by atoms with Crippen molar-refractivity contribution in [2.24, 2.45) is 16.3 Å². The lowest BCUT2D eigenvalue weighted by atomic mass is 9.69. The van der Waals surface area contributed by atoms with E-state index in [0.717, 1.165) is 36.8 Å². The van der Waals surface area contributed by atoms with Crippen LogP contribution in [0.3, 0.4) is 0 Å². The fourth-order valence-corrected chi connectivity index (χ4v) is 5.68. The van der Waals surface area contributed by atoms with Crippen molar-refractivity contribution in [3.8, 4) is 0 Å². The largest absolute Gasteiger partial charge is 0.481 e. The number of aliphatic carboxylic acids is 1. The molecule has 1 fully saturated rings. The first-order chi connectivity index (χ1) is 17.5. The van der Waals surface area contributed by atoms with E-state index in [2.05, 4.69) is 26.1 Å². The summed E-state index contributed by atoms with van der Waals surface area (Å²) in [6, 6.07) is 16.7. The molecule has 196 valence electrons. The second kappa shape index (κ2) is 10.5. The number of hydrogen-bond acceptors (Lipinski definition) is 4. The number of rotatable bonds is 7. The van der Waals surface area contributed by atoms with Crippen LogP contribution in [0.2, 0.25) is 0 Å². The molecule has 4 rings (SSSR count). The maximum absolute atomic E-state index is 13.9. The van der Waals surface area contributed by atoms with Gasteiger partial charge in [-0.15, -0.1) is 0 Å². The van der Waals surface area contributed by atoms with Crippen LogP contribution in [0.1, 0.15) is 87.3 Å². The van der Waals surface area contributed by atoms with Gasteiger partial charge < -0.3 is 15.3 Å². The minimum Gasteiger partial charge on any atom is -0.481 e. The second-order valence-electron chi connectivity index (χ2n) is 11.3. The van der Waals surface area contributed by atoms with E-state index in [1.165, 1.54) is 0 Å². The molecule has 7 heteroatoms. The van der Waals surface area contributed by atoms with Crippen LogP contribution >= 0.6 is 0 Å². The monoisotopic (exact) mass is 503 g/mol. The number of hydrogen-bond donors (Lipinski definition) is 2. The van der Waals surface area contributed by atoms with Gasteiger partial charge in [0.15, 0.2) is 0 Å². The summed E-state index contributed by atoms with van der Waals surface area (Å²) in [5.74, 6) is -0.740. The minimum atomic E-state index is -0.956. The molecule has 2 aromatic carbocycles. The Morgan fingerprint density at radius 1 is 1.08 bits per heavy atom. The van der Waals surface area contributed by atoms with E-state index >= 15 is 0 Å². The Kier molecular flexibility index (Phi) is 7.53. The molecule has 0 bridgehead atoms. The van der Waals surface area contributed by atoms with Crippen LogP contribution in [0.25, 0.3) is 0 Å². The average molecular weight is 504 g/mol. The van der Waals surface area contributed by atoms with Gasteiger partial charge in [-0.05, 0) is 61.6 Å². The van der Waals surface area contributed by atoms with E-state index in [0.29, 0.717) is 17.2 Å². The Labute approximate surface area is 219 Å². The van der Waals surface area contributed by atoms with Gasteiger partial charge in [-0.1, -0.05) is 63.2 Å². The fraction of sp³-hybridized carbons (Fsp3) is 0.467. The molecule has 2 aromatic rings. The molecule has 1 spiro atoms. The van der Waals surface area contributed by atoms with Crippen molar-refractivity contribution in [2.75, 3.05) is 6.54 Å². The topological polar surface area (TPSA) is 99.1 Å². The van der Waals surface area contributed by atoms with Crippen molar-refractivity contribution in [1.29, 1.82) is 0 Å². The predicted octanol–water partition coefficient (Wildman–Crippen LogP) is 5.22. The molecular formula is C30H37N3O4. The molecule has 37 heavy (non-hydrogen) atoms. The van der Waals surface area contributed by atoms with E-state index in [1.54, 1.807) is 12.1 Å². The normalized spacial score (nSPS) is 22.6. The summed E-state index contributed by atoms with van der Waals surface area (Å²) in [7, 11) is 0. The Hall–Kier alpha value is -3.48. The van der Waals surface area contributed by atoms with Gasteiger partial charge in [0.2, 0.25) is 0 Å². The van der Waals surface area contributed by atoms with Gasteiger partial charge >= 0.3 is 5.97 Å². The van der Waals surface area contributed by atoms with E-state index in [-0.39, 0.29) is 36.2 Å². The van der Waals surface area contributed by atoms with E-state index in [1.807, 2.05) is 54.3 Å². The molecule has 2 aliphatic rings. The quantitative estimate of drug-likeness (QED) is 0.541. The van der Waals surface area contributed by atoms with Crippen molar-refractivity contribution in [3.05, 3.63) is 71.3 Å². The van der Waals surface area contributed by atoms with Crippen molar-refractivity contribution in [1.82, 2.24) is 10.2 Å². The first-order valence-electron chi connectivity index (χ1n) is 13.1. The standard InChI is InChI=1S/C30H37N3O4/c1-20(21-10-12-23(13-11-21)27(36)31-19-16-25(34)35)33-28(37)26(22-8-6-5-7-9-22)32-30(33)17-14-24(15-18-30)29(2,3)4/h5-13,20,24H,14-19H2,1-4H3,(H,31,36)(H,34,35)/t20-,24?,30?/m1/s1. The van der Waals surface area contributed by atoms with Crippen LogP contribution in [-0.2, 0) is 9.59 Å². The summed E-state index contributed by atoms with van der Waals surface area (Å²) in [5.41, 5.74) is 2.39. The first kappa shape index (κ1) is 26.6. The zero-order chi connectivity index (χ0) is 26.8. The number of amides is 2. The number of carboxylic acid groups (broad SMARTS) is 1. The van der Waals surface area contributed by atoms with Crippen LogP contribution in [0.15, 0.2) is 59.6 Å². The smallest absolute Gasteiger partial charge is 0.305 e. The zero-order valence-corrected chi connectivity index (χ0v) is 22.2.